The summed E-state index contributed by atoms with van der Waals surface area (Å²) >= 11 is 0. The van der Waals surface area contributed by atoms with Gasteiger partial charge in [0, 0.05) is 13.0 Å². The number of aliphatic hydroxyl groups excluding tert-OH is 1. The fourth-order valence-corrected chi connectivity index (χ4v) is 1.83. The zero-order valence-corrected chi connectivity index (χ0v) is 11.5. The van der Waals surface area contributed by atoms with Gasteiger partial charge in [-0.3, -0.25) is 9.59 Å². The first-order valence-electron chi connectivity index (χ1n) is 6.60. The monoisotopic (exact) mass is 259 g/mol. The van der Waals surface area contributed by atoms with Gasteiger partial charge in [-0.15, -0.1) is 0 Å². The van der Waals surface area contributed by atoms with Crippen LogP contribution in [0.3, 0.4) is 0 Å². The van der Waals surface area contributed by atoms with E-state index in [4.69, 9.17) is 0 Å². The van der Waals surface area contributed by atoms with Gasteiger partial charge in [0.05, 0.1) is 11.5 Å². The molecule has 1 atom stereocenters. The molecule has 0 aromatic rings. The lowest BCUT2D eigenvalue weighted by Crippen LogP contribution is -2.37. The van der Waals surface area contributed by atoms with E-state index in [0.29, 0.717) is 32.2 Å². The van der Waals surface area contributed by atoms with Crippen LogP contribution >= 0.6 is 0 Å². The Labute approximate surface area is 109 Å². The van der Waals surface area contributed by atoms with E-state index < -0.39 is 17.5 Å². The van der Waals surface area contributed by atoms with Crippen molar-refractivity contribution in [1.82, 2.24) is 5.32 Å². The first-order valence-corrected chi connectivity index (χ1v) is 6.60. The van der Waals surface area contributed by atoms with Crippen molar-refractivity contribution in [2.75, 3.05) is 6.54 Å². The topological polar surface area (TPSA) is 86.6 Å². The highest BCUT2D eigenvalue weighted by Gasteiger charge is 2.36. The third-order valence-corrected chi connectivity index (χ3v) is 3.58. The third-order valence-electron chi connectivity index (χ3n) is 3.58. The average molecular weight is 259 g/mol. The summed E-state index contributed by atoms with van der Waals surface area (Å²) in [4.78, 5) is 22.9. The average Bonchev–Trinajstić information content (AvgIpc) is 2.35. The van der Waals surface area contributed by atoms with Crippen LogP contribution < -0.4 is 5.32 Å². The molecule has 0 aliphatic carbocycles. The van der Waals surface area contributed by atoms with Gasteiger partial charge in [0.2, 0.25) is 5.91 Å². The van der Waals surface area contributed by atoms with E-state index in [1.807, 2.05) is 6.92 Å². The zero-order chi connectivity index (χ0) is 14.2. The number of rotatable bonds is 9. The van der Waals surface area contributed by atoms with Gasteiger partial charge in [0.25, 0.3) is 0 Å². The van der Waals surface area contributed by atoms with Gasteiger partial charge >= 0.3 is 5.97 Å². The normalized spacial score (nSPS) is 13.1. The molecule has 0 aromatic carbocycles. The molecule has 0 spiro atoms. The van der Waals surface area contributed by atoms with Crippen molar-refractivity contribution < 1.29 is 19.8 Å². The van der Waals surface area contributed by atoms with Gasteiger partial charge in [-0.05, 0) is 25.7 Å². The standard InChI is InChI=1S/C13H25NO4/c1-4-10(15)7-8-14-11(16)9-13(5-2,6-3)12(17)18/h10,15H,4-9H2,1-3H3,(H,14,16)(H,17,18). The second-order valence-electron chi connectivity index (χ2n) is 4.67. The van der Waals surface area contributed by atoms with Gasteiger partial charge in [-0.25, -0.2) is 0 Å². The molecule has 0 fully saturated rings. The molecule has 106 valence electrons. The maximum Gasteiger partial charge on any atom is 0.310 e. The molecule has 0 rings (SSSR count). The number of amides is 1. The number of aliphatic hydroxyl groups is 1. The lowest BCUT2D eigenvalue weighted by atomic mass is 9.79. The summed E-state index contributed by atoms with van der Waals surface area (Å²) < 4.78 is 0. The Morgan fingerprint density at radius 3 is 2.17 bits per heavy atom. The largest absolute Gasteiger partial charge is 0.481 e. The molecule has 1 unspecified atom stereocenters. The van der Waals surface area contributed by atoms with Gasteiger partial charge in [0.15, 0.2) is 0 Å². The molecule has 3 N–H and O–H groups in total. The summed E-state index contributed by atoms with van der Waals surface area (Å²) in [7, 11) is 0. The lowest BCUT2D eigenvalue weighted by Gasteiger charge is -2.25. The molecule has 0 bridgehead atoms. The lowest BCUT2D eigenvalue weighted by molar-refractivity contribution is -0.152. The number of carbonyl (C=O) groups is 2. The molecule has 0 aromatic heterocycles. The minimum atomic E-state index is -0.965. The third kappa shape index (κ3) is 5.04. The fraction of sp³-hybridized carbons (Fsp3) is 0.846. The highest BCUT2D eigenvalue weighted by atomic mass is 16.4. The minimum Gasteiger partial charge on any atom is -0.481 e. The number of carboxylic acids is 1. The zero-order valence-electron chi connectivity index (χ0n) is 11.5. The maximum absolute atomic E-state index is 11.7. The van der Waals surface area contributed by atoms with Crippen molar-refractivity contribution >= 4 is 11.9 Å². The fourth-order valence-electron chi connectivity index (χ4n) is 1.83. The smallest absolute Gasteiger partial charge is 0.310 e. The molecule has 1 amide bonds. The molecule has 0 saturated carbocycles. The molecule has 0 aliphatic heterocycles. The van der Waals surface area contributed by atoms with Gasteiger partial charge < -0.3 is 15.5 Å². The number of hydrogen-bond donors (Lipinski definition) is 3. The van der Waals surface area contributed by atoms with Crippen molar-refractivity contribution in [1.29, 1.82) is 0 Å². The molecule has 5 heteroatoms. The summed E-state index contributed by atoms with van der Waals surface area (Å²) in [6.07, 6.45) is 1.61. The number of hydrogen-bond acceptors (Lipinski definition) is 3. The molecule has 0 heterocycles. The summed E-state index contributed by atoms with van der Waals surface area (Å²) in [6.45, 7) is 5.82. The number of carbonyl (C=O) groups excluding carboxylic acids is 1. The molecule has 0 radical (unpaired) electrons. The first kappa shape index (κ1) is 16.9. The molecular formula is C13H25NO4. The van der Waals surface area contributed by atoms with Crippen LogP contribution in [0, 0.1) is 5.41 Å². The van der Waals surface area contributed by atoms with Crippen LogP contribution in [0.2, 0.25) is 0 Å². The predicted octanol–water partition coefficient (Wildman–Crippen LogP) is 1.54. The second kappa shape index (κ2) is 8.08. The van der Waals surface area contributed by atoms with E-state index in [0.717, 1.165) is 0 Å². The van der Waals surface area contributed by atoms with Crippen molar-refractivity contribution in [2.24, 2.45) is 5.41 Å². The van der Waals surface area contributed by atoms with E-state index >= 15 is 0 Å². The Morgan fingerprint density at radius 1 is 1.22 bits per heavy atom. The summed E-state index contributed by atoms with van der Waals surface area (Å²) in [5.74, 6) is -1.18. The van der Waals surface area contributed by atoms with Crippen LogP contribution in [0.15, 0.2) is 0 Å². The van der Waals surface area contributed by atoms with Crippen LogP contribution in [0.25, 0.3) is 0 Å². The molecule has 0 saturated heterocycles. The van der Waals surface area contributed by atoms with Crippen molar-refractivity contribution in [3.05, 3.63) is 0 Å². The number of carboxylic acid groups (broad SMARTS) is 1. The van der Waals surface area contributed by atoms with Crippen molar-refractivity contribution in [2.45, 2.75) is 59.0 Å². The number of aliphatic carboxylic acids is 1. The Morgan fingerprint density at radius 2 is 1.78 bits per heavy atom. The quantitative estimate of drug-likeness (QED) is 0.586. The summed E-state index contributed by atoms with van der Waals surface area (Å²) in [6, 6.07) is 0. The predicted molar refractivity (Wildman–Crippen MR) is 69.2 cm³/mol. The van der Waals surface area contributed by atoms with Crippen LogP contribution in [-0.4, -0.2) is 34.7 Å². The van der Waals surface area contributed by atoms with E-state index in [2.05, 4.69) is 5.32 Å². The van der Waals surface area contributed by atoms with Crippen LogP contribution in [0.4, 0.5) is 0 Å². The van der Waals surface area contributed by atoms with E-state index in [1.165, 1.54) is 0 Å². The Bertz CT molecular complexity index is 274. The number of nitrogens with one attached hydrogen (secondary N) is 1. The Kier molecular flexibility index (Phi) is 7.59. The molecule has 18 heavy (non-hydrogen) atoms. The Balaban J connectivity index is 4.24. The van der Waals surface area contributed by atoms with Crippen LogP contribution in [0.5, 0.6) is 0 Å². The van der Waals surface area contributed by atoms with E-state index in [1.54, 1.807) is 13.8 Å². The van der Waals surface area contributed by atoms with Crippen molar-refractivity contribution in [3.8, 4) is 0 Å². The Hall–Kier alpha value is -1.10. The SMILES string of the molecule is CCC(O)CCNC(=O)CC(CC)(CC)C(=O)O. The molecular weight excluding hydrogens is 234 g/mol. The molecule has 5 nitrogen and oxygen atoms in total. The maximum atomic E-state index is 11.7. The van der Waals surface area contributed by atoms with E-state index in [-0.39, 0.29) is 12.3 Å². The second-order valence-corrected chi connectivity index (χ2v) is 4.67. The highest BCUT2D eigenvalue weighted by Crippen LogP contribution is 2.30. The minimum absolute atomic E-state index is 0.00243. The first-order chi connectivity index (χ1) is 8.41. The van der Waals surface area contributed by atoms with Crippen molar-refractivity contribution in [3.63, 3.8) is 0 Å². The van der Waals surface area contributed by atoms with Gasteiger partial charge in [-0.1, -0.05) is 20.8 Å². The summed E-state index contributed by atoms with van der Waals surface area (Å²) in [5, 5.41) is 21.2. The van der Waals surface area contributed by atoms with Gasteiger partial charge in [0.1, 0.15) is 0 Å². The van der Waals surface area contributed by atoms with Crippen LogP contribution in [-0.2, 0) is 9.59 Å². The highest BCUT2D eigenvalue weighted by molar-refractivity contribution is 5.84. The summed E-state index contributed by atoms with van der Waals surface area (Å²) in [5.41, 5.74) is -0.965. The molecule has 0 aliphatic rings. The van der Waals surface area contributed by atoms with E-state index in [9.17, 15) is 19.8 Å². The van der Waals surface area contributed by atoms with Crippen LogP contribution in [0.1, 0.15) is 52.9 Å². The van der Waals surface area contributed by atoms with Gasteiger partial charge in [-0.2, -0.15) is 0 Å².